The molecule has 1 aromatic carbocycles. The van der Waals surface area contributed by atoms with E-state index >= 15 is 0 Å². The van der Waals surface area contributed by atoms with Gasteiger partial charge in [0.1, 0.15) is 12.4 Å². The minimum atomic E-state index is -0.967. The molecule has 1 aromatic rings. The summed E-state index contributed by atoms with van der Waals surface area (Å²) < 4.78 is 11.4. The van der Waals surface area contributed by atoms with Crippen LogP contribution in [0.25, 0.3) is 0 Å². The maximum Gasteiger partial charge on any atom is 0.336 e. The maximum absolute atomic E-state index is 11.0. The molecule has 0 saturated carbocycles. The Balaban J connectivity index is 1.85. The van der Waals surface area contributed by atoms with Crippen LogP contribution in [0.4, 0.5) is 0 Å². The van der Waals surface area contributed by atoms with Crippen LogP contribution in [0, 0.1) is 0 Å². The number of carboxylic acid groups (broad SMARTS) is 1. The Kier molecular flexibility index (Phi) is 5.18. The Morgan fingerprint density at radius 2 is 2.16 bits per heavy atom. The van der Waals surface area contributed by atoms with Crippen molar-refractivity contribution in [2.45, 2.75) is 0 Å². The van der Waals surface area contributed by atoms with Crippen LogP contribution in [0.1, 0.15) is 10.4 Å². The summed E-state index contributed by atoms with van der Waals surface area (Å²) in [6.07, 6.45) is 0. The topological polar surface area (TPSA) is 59.0 Å². The molecule has 0 atom stereocenters. The van der Waals surface area contributed by atoms with Crippen LogP contribution in [0.2, 0.25) is 0 Å². The fourth-order valence-electron chi connectivity index (χ4n) is 1.88. The second kappa shape index (κ2) is 6.88. The number of nitrogens with zero attached hydrogens (tertiary/aromatic N) is 1. The van der Waals surface area contributed by atoms with Crippen molar-refractivity contribution < 1.29 is 19.4 Å². The van der Waals surface area contributed by atoms with E-state index in [0.29, 0.717) is 16.8 Å². The molecule has 1 saturated heterocycles. The molecule has 6 heteroatoms. The number of aromatic carboxylic acids is 1. The first-order chi connectivity index (χ1) is 9.16. The third-order valence-electron chi connectivity index (χ3n) is 2.95. The van der Waals surface area contributed by atoms with Gasteiger partial charge in [-0.2, -0.15) is 0 Å². The lowest BCUT2D eigenvalue weighted by atomic mass is 10.2. The van der Waals surface area contributed by atoms with Gasteiger partial charge in [0, 0.05) is 24.1 Å². The Morgan fingerprint density at radius 3 is 2.84 bits per heavy atom. The van der Waals surface area contributed by atoms with Gasteiger partial charge in [0.05, 0.1) is 18.8 Å². The average molecular weight is 330 g/mol. The minimum Gasteiger partial charge on any atom is -0.492 e. The van der Waals surface area contributed by atoms with E-state index in [1.54, 1.807) is 12.1 Å². The van der Waals surface area contributed by atoms with Gasteiger partial charge in [-0.15, -0.1) is 0 Å². The van der Waals surface area contributed by atoms with E-state index < -0.39 is 5.97 Å². The summed E-state index contributed by atoms with van der Waals surface area (Å²) in [6.45, 7) is 4.74. The van der Waals surface area contributed by atoms with Gasteiger partial charge in [-0.25, -0.2) is 4.79 Å². The number of benzene rings is 1. The van der Waals surface area contributed by atoms with Gasteiger partial charge in [0.15, 0.2) is 0 Å². The number of carbonyl (C=O) groups is 1. The van der Waals surface area contributed by atoms with Crippen molar-refractivity contribution >= 4 is 21.9 Å². The first-order valence-corrected chi connectivity index (χ1v) is 6.92. The highest BCUT2D eigenvalue weighted by Gasteiger charge is 2.11. The number of carboxylic acids is 1. The zero-order valence-electron chi connectivity index (χ0n) is 10.5. The molecule has 1 aliphatic heterocycles. The molecule has 1 heterocycles. The standard InChI is InChI=1S/C13H16BrNO4/c14-12-2-1-10(9-11(12)13(16)17)19-8-5-15-3-6-18-7-4-15/h1-2,9H,3-8H2,(H,16,17). The number of morpholine rings is 1. The van der Waals surface area contributed by atoms with Crippen LogP contribution in [-0.2, 0) is 4.74 Å². The molecule has 0 aliphatic carbocycles. The number of halogens is 1. The van der Waals surface area contributed by atoms with Crippen molar-refractivity contribution in [1.82, 2.24) is 4.90 Å². The van der Waals surface area contributed by atoms with Crippen molar-refractivity contribution in [2.24, 2.45) is 0 Å². The fourth-order valence-corrected chi connectivity index (χ4v) is 2.29. The lowest BCUT2D eigenvalue weighted by Gasteiger charge is -2.26. The molecule has 0 unspecified atom stereocenters. The predicted molar refractivity (Wildman–Crippen MR) is 73.9 cm³/mol. The Bertz CT molecular complexity index is 446. The van der Waals surface area contributed by atoms with E-state index in [0.717, 1.165) is 32.8 Å². The molecule has 0 aromatic heterocycles. The molecule has 1 N–H and O–H groups in total. The molecule has 0 spiro atoms. The molecule has 1 fully saturated rings. The highest BCUT2D eigenvalue weighted by molar-refractivity contribution is 9.10. The Hall–Kier alpha value is -1.11. The molecule has 104 valence electrons. The number of hydrogen-bond donors (Lipinski definition) is 1. The molecule has 0 amide bonds. The lowest BCUT2D eigenvalue weighted by Crippen LogP contribution is -2.38. The summed E-state index contributed by atoms with van der Waals surface area (Å²) in [7, 11) is 0. The molecular formula is C13H16BrNO4. The highest BCUT2D eigenvalue weighted by atomic mass is 79.9. The van der Waals surface area contributed by atoms with Crippen LogP contribution in [-0.4, -0.2) is 55.4 Å². The summed E-state index contributed by atoms with van der Waals surface area (Å²) in [4.78, 5) is 13.3. The third-order valence-corrected chi connectivity index (χ3v) is 3.64. The summed E-state index contributed by atoms with van der Waals surface area (Å²) in [6, 6.07) is 4.98. The molecule has 0 bridgehead atoms. The van der Waals surface area contributed by atoms with Crippen molar-refractivity contribution in [3.8, 4) is 5.75 Å². The van der Waals surface area contributed by atoms with E-state index in [-0.39, 0.29) is 5.56 Å². The van der Waals surface area contributed by atoms with E-state index in [4.69, 9.17) is 14.6 Å². The Morgan fingerprint density at radius 1 is 1.42 bits per heavy atom. The van der Waals surface area contributed by atoms with Crippen molar-refractivity contribution in [3.05, 3.63) is 28.2 Å². The van der Waals surface area contributed by atoms with Gasteiger partial charge in [-0.05, 0) is 34.1 Å². The normalized spacial score (nSPS) is 16.3. The van der Waals surface area contributed by atoms with E-state index in [1.807, 2.05) is 0 Å². The van der Waals surface area contributed by atoms with E-state index in [9.17, 15) is 4.79 Å². The number of ether oxygens (including phenoxy) is 2. The van der Waals surface area contributed by atoms with E-state index in [1.165, 1.54) is 6.07 Å². The second-order valence-electron chi connectivity index (χ2n) is 4.25. The van der Waals surface area contributed by atoms with Crippen LogP contribution in [0.5, 0.6) is 5.75 Å². The van der Waals surface area contributed by atoms with Crippen molar-refractivity contribution in [1.29, 1.82) is 0 Å². The van der Waals surface area contributed by atoms with Gasteiger partial charge < -0.3 is 14.6 Å². The quantitative estimate of drug-likeness (QED) is 0.893. The van der Waals surface area contributed by atoms with Gasteiger partial charge in [0.2, 0.25) is 0 Å². The third kappa shape index (κ3) is 4.19. The maximum atomic E-state index is 11.0. The first-order valence-electron chi connectivity index (χ1n) is 6.12. The molecule has 1 aliphatic rings. The number of hydrogen-bond acceptors (Lipinski definition) is 4. The molecule has 19 heavy (non-hydrogen) atoms. The molecule has 0 radical (unpaired) electrons. The summed E-state index contributed by atoms with van der Waals surface area (Å²) >= 11 is 3.20. The fraction of sp³-hybridized carbons (Fsp3) is 0.462. The first kappa shape index (κ1) is 14.3. The highest BCUT2D eigenvalue weighted by Crippen LogP contribution is 2.22. The molecule has 2 rings (SSSR count). The second-order valence-corrected chi connectivity index (χ2v) is 5.10. The molecular weight excluding hydrogens is 314 g/mol. The summed E-state index contributed by atoms with van der Waals surface area (Å²) in [5.41, 5.74) is 0.212. The van der Waals surface area contributed by atoms with Gasteiger partial charge in [-0.1, -0.05) is 0 Å². The number of rotatable bonds is 5. The lowest BCUT2D eigenvalue weighted by molar-refractivity contribution is 0.0322. The van der Waals surface area contributed by atoms with Crippen LogP contribution < -0.4 is 4.74 Å². The zero-order chi connectivity index (χ0) is 13.7. The van der Waals surface area contributed by atoms with Crippen LogP contribution in [0.15, 0.2) is 22.7 Å². The SMILES string of the molecule is O=C(O)c1cc(OCCN2CCOCC2)ccc1Br. The largest absolute Gasteiger partial charge is 0.492 e. The minimum absolute atomic E-state index is 0.212. The van der Waals surface area contributed by atoms with Gasteiger partial charge in [-0.3, -0.25) is 4.90 Å². The van der Waals surface area contributed by atoms with E-state index in [2.05, 4.69) is 20.8 Å². The van der Waals surface area contributed by atoms with Crippen LogP contribution >= 0.6 is 15.9 Å². The average Bonchev–Trinajstić information content (AvgIpc) is 2.41. The summed E-state index contributed by atoms with van der Waals surface area (Å²) in [5, 5.41) is 9.01. The zero-order valence-corrected chi connectivity index (χ0v) is 12.1. The predicted octanol–water partition coefficient (Wildman–Crippen LogP) is 1.86. The van der Waals surface area contributed by atoms with Gasteiger partial charge in [0.25, 0.3) is 0 Å². The smallest absolute Gasteiger partial charge is 0.336 e. The summed E-state index contributed by atoms with van der Waals surface area (Å²) in [5.74, 6) is -0.389. The van der Waals surface area contributed by atoms with Crippen molar-refractivity contribution in [2.75, 3.05) is 39.5 Å². The Labute approximate surface area is 120 Å². The molecule has 5 nitrogen and oxygen atoms in total. The van der Waals surface area contributed by atoms with Crippen LogP contribution in [0.3, 0.4) is 0 Å². The van der Waals surface area contributed by atoms with Gasteiger partial charge >= 0.3 is 5.97 Å². The van der Waals surface area contributed by atoms with Crippen molar-refractivity contribution in [3.63, 3.8) is 0 Å². The monoisotopic (exact) mass is 329 g/mol.